The standard InChI is InChI=1S/C15H27N3O3S/c1-11-7-5-6-8-14(11)21-10-9-16-22(19,20)15-12(2)17-18(4)13(15)3/h11,14,16H,5-10H2,1-4H3/t11-,14-/m1/s1. The van der Waals surface area contributed by atoms with Gasteiger partial charge in [0.1, 0.15) is 4.90 Å². The zero-order valence-electron chi connectivity index (χ0n) is 13.9. The van der Waals surface area contributed by atoms with E-state index in [1.165, 1.54) is 19.3 Å². The van der Waals surface area contributed by atoms with Crippen LogP contribution in [0.1, 0.15) is 44.0 Å². The zero-order chi connectivity index (χ0) is 16.3. The van der Waals surface area contributed by atoms with Crippen molar-refractivity contribution in [3.8, 4) is 0 Å². The Hall–Kier alpha value is -0.920. The van der Waals surface area contributed by atoms with Gasteiger partial charge >= 0.3 is 0 Å². The van der Waals surface area contributed by atoms with Crippen LogP contribution in [0.4, 0.5) is 0 Å². The van der Waals surface area contributed by atoms with Crippen molar-refractivity contribution in [2.24, 2.45) is 13.0 Å². The molecule has 1 aliphatic rings. The summed E-state index contributed by atoms with van der Waals surface area (Å²) in [5.41, 5.74) is 1.17. The summed E-state index contributed by atoms with van der Waals surface area (Å²) in [6.45, 7) is 6.37. The first kappa shape index (κ1) is 17.4. The van der Waals surface area contributed by atoms with Gasteiger partial charge in [-0.25, -0.2) is 13.1 Å². The lowest BCUT2D eigenvalue weighted by atomic mass is 9.88. The van der Waals surface area contributed by atoms with Crippen LogP contribution >= 0.6 is 0 Å². The number of rotatable bonds is 6. The molecule has 1 fully saturated rings. The van der Waals surface area contributed by atoms with Gasteiger partial charge in [-0.15, -0.1) is 0 Å². The third-order valence-electron chi connectivity index (χ3n) is 4.47. The van der Waals surface area contributed by atoms with E-state index in [9.17, 15) is 8.42 Å². The van der Waals surface area contributed by atoms with Crippen molar-refractivity contribution in [1.82, 2.24) is 14.5 Å². The van der Waals surface area contributed by atoms with E-state index in [1.807, 2.05) is 0 Å². The molecule has 7 heteroatoms. The Bertz CT molecular complexity index is 610. The summed E-state index contributed by atoms with van der Waals surface area (Å²) in [5, 5.41) is 4.15. The highest BCUT2D eigenvalue weighted by molar-refractivity contribution is 7.89. The summed E-state index contributed by atoms with van der Waals surface area (Å²) in [6.07, 6.45) is 5.02. The molecule has 22 heavy (non-hydrogen) atoms. The average molecular weight is 329 g/mol. The molecule has 6 nitrogen and oxygen atoms in total. The van der Waals surface area contributed by atoms with Crippen LogP contribution in [-0.4, -0.2) is 37.5 Å². The first-order valence-corrected chi connectivity index (χ1v) is 9.42. The second kappa shape index (κ2) is 7.10. The lowest BCUT2D eigenvalue weighted by Crippen LogP contribution is -2.32. The van der Waals surface area contributed by atoms with Crippen LogP contribution < -0.4 is 4.72 Å². The van der Waals surface area contributed by atoms with Crippen LogP contribution in [0.15, 0.2) is 4.90 Å². The topological polar surface area (TPSA) is 73.2 Å². The Morgan fingerprint density at radius 2 is 2.00 bits per heavy atom. The van der Waals surface area contributed by atoms with Gasteiger partial charge in [0.25, 0.3) is 0 Å². The molecule has 0 saturated heterocycles. The largest absolute Gasteiger partial charge is 0.377 e. The summed E-state index contributed by atoms with van der Waals surface area (Å²) >= 11 is 0. The van der Waals surface area contributed by atoms with Crippen LogP contribution in [0.25, 0.3) is 0 Å². The Labute approximate surface area is 133 Å². The minimum atomic E-state index is -3.53. The highest BCUT2D eigenvalue weighted by Crippen LogP contribution is 2.26. The van der Waals surface area contributed by atoms with Gasteiger partial charge in [-0.2, -0.15) is 5.10 Å². The first-order chi connectivity index (χ1) is 10.3. The van der Waals surface area contributed by atoms with Crippen molar-refractivity contribution in [2.75, 3.05) is 13.2 Å². The van der Waals surface area contributed by atoms with Crippen molar-refractivity contribution in [2.45, 2.75) is 57.5 Å². The molecule has 1 aromatic heterocycles. The van der Waals surface area contributed by atoms with Crippen LogP contribution in [0, 0.1) is 19.8 Å². The first-order valence-electron chi connectivity index (χ1n) is 7.94. The fourth-order valence-electron chi connectivity index (χ4n) is 3.13. The summed E-state index contributed by atoms with van der Waals surface area (Å²) in [6, 6.07) is 0. The quantitative estimate of drug-likeness (QED) is 0.809. The van der Waals surface area contributed by atoms with Gasteiger partial charge in [0.05, 0.1) is 24.1 Å². The Kier molecular flexibility index (Phi) is 5.63. The Morgan fingerprint density at radius 1 is 1.32 bits per heavy atom. The summed E-state index contributed by atoms with van der Waals surface area (Å²) in [5.74, 6) is 0.563. The number of hydrogen-bond acceptors (Lipinski definition) is 4. The third-order valence-corrected chi connectivity index (χ3v) is 6.18. The van der Waals surface area contributed by atoms with Gasteiger partial charge in [0.15, 0.2) is 0 Å². The number of aromatic nitrogens is 2. The molecule has 0 aliphatic heterocycles. The molecule has 2 rings (SSSR count). The molecule has 0 bridgehead atoms. The predicted octanol–water partition coefficient (Wildman–Crippen LogP) is 1.91. The smallest absolute Gasteiger partial charge is 0.244 e. The van der Waals surface area contributed by atoms with E-state index in [1.54, 1.807) is 25.6 Å². The molecule has 126 valence electrons. The van der Waals surface area contributed by atoms with E-state index in [0.717, 1.165) is 6.42 Å². The molecular weight excluding hydrogens is 302 g/mol. The monoisotopic (exact) mass is 329 g/mol. The Morgan fingerprint density at radius 3 is 2.59 bits per heavy atom. The van der Waals surface area contributed by atoms with Crippen LogP contribution in [-0.2, 0) is 21.8 Å². The van der Waals surface area contributed by atoms with E-state index in [-0.39, 0.29) is 11.0 Å². The number of nitrogens with zero attached hydrogens (tertiary/aromatic N) is 2. The second-order valence-electron chi connectivity index (χ2n) is 6.19. The molecule has 0 aromatic carbocycles. The minimum Gasteiger partial charge on any atom is -0.377 e. The fourth-order valence-corrected chi connectivity index (χ4v) is 4.58. The molecule has 1 aromatic rings. The van der Waals surface area contributed by atoms with Gasteiger partial charge in [-0.05, 0) is 32.6 Å². The fraction of sp³-hybridized carbons (Fsp3) is 0.800. The van der Waals surface area contributed by atoms with Crippen LogP contribution in [0.2, 0.25) is 0 Å². The van der Waals surface area contributed by atoms with Crippen molar-refractivity contribution in [3.05, 3.63) is 11.4 Å². The van der Waals surface area contributed by atoms with Crippen LogP contribution in [0.5, 0.6) is 0 Å². The van der Waals surface area contributed by atoms with Gasteiger partial charge in [-0.1, -0.05) is 19.8 Å². The molecule has 1 N–H and O–H groups in total. The number of aryl methyl sites for hydroxylation is 2. The summed E-state index contributed by atoms with van der Waals surface area (Å²) in [7, 11) is -1.79. The maximum atomic E-state index is 12.4. The average Bonchev–Trinajstić information content (AvgIpc) is 2.70. The van der Waals surface area contributed by atoms with E-state index >= 15 is 0 Å². The lowest BCUT2D eigenvalue weighted by Gasteiger charge is -2.28. The lowest BCUT2D eigenvalue weighted by molar-refractivity contribution is -0.00177. The molecule has 2 atom stereocenters. The number of hydrogen-bond donors (Lipinski definition) is 1. The maximum absolute atomic E-state index is 12.4. The van der Waals surface area contributed by atoms with E-state index in [4.69, 9.17) is 4.74 Å². The molecular formula is C15H27N3O3S. The summed E-state index contributed by atoms with van der Waals surface area (Å²) in [4.78, 5) is 0.279. The molecule has 0 unspecified atom stereocenters. The van der Waals surface area contributed by atoms with Crippen molar-refractivity contribution < 1.29 is 13.2 Å². The molecule has 1 saturated carbocycles. The number of sulfonamides is 1. The highest BCUT2D eigenvalue weighted by Gasteiger charge is 2.24. The SMILES string of the molecule is Cc1nn(C)c(C)c1S(=O)(=O)NCCO[C@@H]1CCCC[C@H]1C. The van der Waals surface area contributed by atoms with Crippen LogP contribution in [0.3, 0.4) is 0 Å². The summed E-state index contributed by atoms with van der Waals surface area (Å²) < 4.78 is 34.8. The van der Waals surface area contributed by atoms with E-state index in [0.29, 0.717) is 30.5 Å². The molecule has 0 spiro atoms. The number of ether oxygens (including phenoxy) is 1. The molecule has 1 aliphatic carbocycles. The third kappa shape index (κ3) is 3.88. The van der Waals surface area contributed by atoms with Crippen molar-refractivity contribution in [1.29, 1.82) is 0 Å². The van der Waals surface area contributed by atoms with Gasteiger partial charge in [0, 0.05) is 13.6 Å². The zero-order valence-corrected chi connectivity index (χ0v) is 14.7. The molecule has 0 radical (unpaired) electrons. The van der Waals surface area contributed by atoms with E-state index < -0.39 is 10.0 Å². The highest BCUT2D eigenvalue weighted by atomic mass is 32.2. The normalized spacial score (nSPS) is 22.9. The molecule has 1 heterocycles. The van der Waals surface area contributed by atoms with Gasteiger partial charge in [0.2, 0.25) is 10.0 Å². The van der Waals surface area contributed by atoms with E-state index in [2.05, 4.69) is 16.7 Å². The van der Waals surface area contributed by atoms with Gasteiger partial charge < -0.3 is 4.74 Å². The Balaban J connectivity index is 1.88. The predicted molar refractivity (Wildman–Crippen MR) is 85.2 cm³/mol. The maximum Gasteiger partial charge on any atom is 0.244 e. The van der Waals surface area contributed by atoms with Gasteiger partial charge in [-0.3, -0.25) is 4.68 Å². The second-order valence-corrected chi connectivity index (χ2v) is 7.90. The minimum absolute atomic E-state index is 0.264. The molecule has 0 amide bonds. The van der Waals surface area contributed by atoms with Crippen molar-refractivity contribution >= 4 is 10.0 Å². The van der Waals surface area contributed by atoms with Crippen molar-refractivity contribution in [3.63, 3.8) is 0 Å². The number of nitrogens with one attached hydrogen (secondary N) is 1.